The summed E-state index contributed by atoms with van der Waals surface area (Å²) >= 11 is 1.71. The van der Waals surface area contributed by atoms with Gasteiger partial charge in [-0.1, -0.05) is 31.2 Å². The van der Waals surface area contributed by atoms with Crippen LogP contribution in [0.25, 0.3) is 0 Å². The Kier molecular flexibility index (Phi) is 4.34. The lowest BCUT2D eigenvalue weighted by Gasteiger charge is -2.22. The third-order valence-electron chi connectivity index (χ3n) is 3.74. The maximum Gasteiger partial charge on any atom is 0.269 e. The second kappa shape index (κ2) is 6.42. The van der Waals surface area contributed by atoms with E-state index >= 15 is 0 Å². The molecule has 1 unspecified atom stereocenters. The molecule has 0 fully saturated rings. The third-order valence-corrected chi connectivity index (χ3v) is 4.90. The molecule has 0 saturated carbocycles. The summed E-state index contributed by atoms with van der Waals surface area (Å²) in [6.45, 7) is 2.47. The van der Waals surface area contributed by atoms with Crippen LogP contribution in [0.4, 0.5) is 11.4 Å². The molecular formula is C17H16N2O3S. The number of thioether (sulfide) groups is 1. The SMILES string of the molecule is CC1CC(=O)N(Cc2ccc([N+](=O)[O-])cc2)c2ccccc2S1. The van der Waals surface area contributed by atoms with Crippen LogP contribution in [0, 0.1) is 10.1 Å². The highest BCUT2D eigenvalue weighted by Gasteiger charge is 2.26. The first kappa shape index (κ1) is 15.6. The smallest absolute Gasteiger partial charge is 0.269 e. The molecular weight excluding hydrogens is 312 g/mol. The minimum Gasteiger partial charge on any atom is -0.307 e. The molecule has 1 amide bonds. The number of fused-ring (bicyclic) bond motifs is 1. The molecule has 0 spiro atoms. The van der Waals surface area contributed by atoms with E-state index in [2.05, 4.69) is 6.92 Å². The summed E-state index contributed by atoms with van der Waals surface area (Å²) in [6, 6.07) is 14.2. The summed E-state index contributed by atoms with van der Waals surface area (Å²) in [4.78, 5) is 25.7. The molecule has 1 aliphatic rings. The zero-order valence-corrected chi connectivity index (χ0v) is 13.5. The monoisotopic (exact) mass is 328 g/mol. The molecule has 1 aliphatic heterocycles. The van der Waals surface area contributed by atoms with Gasteiger partial charge in [-0.25, -0.2) is 0 Å². The van der Waals surface area contributed by atoms with Gasteiger partial charge >= 0.3 is 0 Å². The zero-order chi connectivity index (χ0) is 16.4. The molecule has 1 heterocycles. The average molecular weight is 328 g/mol. The lowest BCUT2D eigenvalue weighted by Crippen LogP contribution is -2.30. The normalized spacial score (nSPS) is 17.5. The molecule has 2 aromatic rings. The van der Waals surface area contributed by atoms with E-state index in [0.717, 1.165) is 16.1 Å². The van der Waals surface area contributed by atoms with Gasteiger partial charge in [0.25, 0.3) is 5.69 Å². The predicted molar refractivity (Wildman–Crippen MR) is 90.7 cm³/mol. The van der Waals surface area contributed by atoms with Gasteiger partial charge < -0.3 is 4.90 Å². The van der Waals surface area contributed by atoms with Crippen LogP contribution >= 0.6 is 11.8 Å². The van der Waals surface area contributed by atoms with Gasteiger partial charge in [0.15, 0.2) is 0 Å². The van der Waals surface area contributed by atoms with E-state index in [1.165, 1.54) is 12.1 Å². The molecule has 0 aliphatic carbocycles. The molecule has 2 aromatic carbocycles. The summed E-state index contributed by atoms with van der Waals surface area (Å²) in [5.74, 6) is 0.0771. The van der Waals surface area contributed by atoms with Crippen molar-refractivity contribution in [1.29, 1.82) is 0 Å². The number of hydrogen-bond donors (Lipinski definition) is 0. The van der Waals surface area contributed by atoms with Crippen LogP contribution in [0.1, 0.15) is 18.9 Å². The van der Waals surface area contributed by atoms with Gasteiger partial charge in [0.1, 0.15) is 0 Å². The second-order valence-electron chi connectivity index (χ2n) is 5.50. The third kappa shape index (κ3) is 3.37. The Hall–Kier alpha value is -2.34. The van der Waals surface area contributed by atoms with E-state index in [9.17, 15) is 14.9 Å². The van der Waals surface area contributed by atoms with Crippen molar-refractivity contribution in [3.05, 3.63) is 64.2 Å². The number of para-hydroxylation sites is 1. The number of carbonyl (C=O) groups is 1. The molecule has 6 heteroatoms. The van der Waals surface area contributed by atoms with E-state index < -0.39 is 4.92 Å². The molecule has 1 atom stereocenters. The van der Waals surface area contributed by atoms with Crippen LogP contribution in [-0.4, -0.2) is 16.1 Å². The van der Waals surface area contributed by atoms with Crippen LogP contribution in [0.5, 0.6) is 0 Å². The van der Waals surface area contributed by atoms with E-state index in [-0.39, 0.29) is 16.8 Å². The number of nitrogens with zero attached hydrogens (tertiary/aromatic N) is 2. The summed E-state index contributed by atoms with van der Waals surface area (Å²) in [6.07, 6.45) is 0.479. The highest BCUT2D eigenvalue weighted by molar-refractivity contribution is 8.00. The van der Waals surface area contributed by atoms with Gasteiger partial charge in [0.05, 0.1) is 17.2 Å². The van der Waals surface area contributed by atoms with Gasteiger partial charge in [-0.2, -0.15) is 0 Å². The van der Waals surface area contributed by atoms with Crippen LogP contribution in [-0.2, 0) is 11.3 Å². The van der Waals surface area contributed by atoms with Gasteiger partial charge in [-0.15, -0.1) is 11.8 Å². The van der Waals surface area contributed by atoms with Crippen molar-refractivity contribution in [2.24, 2.45) is 0 Å². The fourth-order valence-corrected chi connectivity index (χ4v) is 3.72. The fourth-order valence-electron chi connectivity index (χ4n) is 2.61. The molecule has 0 saturated heterocycles. The first-order valence-electron chi connectivity index (χ1n) is 7.34. The first-order valence-corrected chi connectivity index (χ1v) is 8.22. The van der Waals surface area contributed by atoms with Gasteiger partial charge in [-0.05, 0) is 17.7 Å². The Labute approximate surface area is 138 Å². The van der Waals surface area contributed by atoms with Crippen molar-refractivity contribution >= 4 is 29.0 Å². The number of hydrogen-bond acceptors (Lipinski definition) is 4. The number of anilines is 1. The predicted octanol–water partition coefficient (Wildman–Crippen LogP) is 4.01. The van der Waals surface area contributed by atoms with Crippen molar-refractivity contribution in [3.63, 3.8) is 0 Å². The first-order chi connectivity index (χ1) is 11.0. The molecule has 0 N–H and O–H groups in total. The summed E-state index contributed by atoms with van der Waals surface area (Å²) in [5, 5.41) is 11.0. The molecule has 0 aromatic heterocycles. The van der Waals surface area contributed by atoms with Gasteiger partial charge in [-0.3, -0.25) is 14.9 Å². The van der Waals surface area contributed by atoms with E-state index in [1.807, 2.05) is 24.3 Å². The number of nitro benzene ring substituents is 1. The van der Waals surface area contributed by atoms with Crippen molar-refractivity contribution in [3.8, 4) is 0 Å². The quantitative estimate of drug-likeness (QED) is 0.631. The number of non-ortho nitro benzene ring substituents is 1. The van der Waals surface area contributed by atoms with Crippen LogP contribution in [0.15, 0.2) is 53.4 Å². The lowest BCUT2D eigenvalue weighted by molar-refractivity contribution is -0.384. The molecule has 3 rings (SSSR count). The minimum atomic E-state index is -0.422. The number of rotatable bonds is 3. The van der Waals surface area contributed by atoms with Crippen molar-refractivity contribution in [1.82, 2.24) is 0 Å². The summed E-state index contributed by atoms with van der Waals surface area (Å²) in [5.41, 5.74) is 1.84. The van der Waals surface area contributed by atoms with Crippen LogP contribution in [0.2, 0.25) is 0 Å². The van der Waals surface area contributed by atoms with E-state index in [4.69, 9.17) is 0 Å². The Morgan fingerprint density at radius 2 is 1.91 bits per heavy atom. The largest absolute Gasteiger partial charge is 0.307 e. The van der Waals surface area contributed by atoms with Crippen LogP contribution in [0.3, 0.4) is 0 Å². The molecule has 23 heavy (non-hydrogen) atoms. The van der Waals surface area contributed by atoms with Crippen molar-refractivity contribution in [2.45, 2.75) is 30.0 Å². The van der Waals surface area contributed by atoms with Gasteiger partial charge in [0, 0.05) is 28.7 Å². The lowest BCUT2D eigenvalue weighted by atomic mass is 10.1. The number of carbonyl (C=O) groups excluding carboxylic acids is 1. The van der Waals surface area contributed by atoms with Gasteiger partial charge in [0.2, 0.25) is 5.91 Å². The highest BCUT2D eigenvalue weighted by Crippen LogP contribution is 2.38. The topological polar surface area (TPSA) is 63.5 Å². The van der Waals surface area contributed by atoms with Crippen molar-refractivity contribution < 1.29 is 9.72 Å². The average Bonchev–Trinajstić information content (AvgIpc) is 2.64. The number of amides is 1. The molecule has 118 valence electrons. The van der Waals surface area contributed by atoms with E-state index in [0.29, 0.717) is 13.0 Å². The van der Waals surface area contributed by atoms with Crippen molar-refractivity contribution in [2.75, 3.05) is 4.90 Å². The minimum absolute atomic E-state index is 0.0560. The number of nitro groups is 1. The number of benzene rings is 2. The second-order valence-corrected chi connectivity index (χ2v) is 6.98. The maximum absolute atomic E-state index is 12.6. The zero-order valence-electron chi connectivity index (χ0n) is 12.6. The molecule has 5 nitrogen and oxygen atoms in total. The van der Waals surface area contributed by atoms with E-state index in [1.54, 1.807) is 28.8 Å². The summed E-state index contributed by atoms with van der Waals surface area (Å²) in [7, 11) is 0. The Balaban J connectivity index is 1.91. The van der Waals surface area contributed by atoms with Crippen LogP contribution < -0.4 is 4.90 Å². The standard InChI is InChI=1S/C17H16N2O3S/c1-12-10-17(20)18(15-4-2-3-5-16(15)23-12)11-13-6-8-14(9-7-13)19(21)22/h2-9,12H,10-11H2,1H3. The fraction of sp³-hybridized carbons (Fsp3) is 0.235. The Bertz CT molecular complexity index is 746. The highest BCUT2D eigenvalue weighted by atomic mass is 32.2. The Morgan fingerprint density at radius 3 is 2.61 bits per heavy atom. The Morgan fingerprint density at radius 1 is 1.22 bits per heavy atom. The maximum atomic E-state index is 12.6. The molecule has 0 radical (unpaired) electrons. The summed E-state index contributed by atoms with van der Waals surface area (Å²) < 4.78 is 0. The molecule has 0 bridgehead atoms.